The van der Waals surface area contributed by atoms with Crippen molar-refractivity contribution in [3.8, 4) is 6.07 Å². The number of nitriles is 1. The molecule has 1 atom stereocenters. The Bertz CT molecular complexity index is 1530. The Morgan fingerprint density at radius 2 is 1.82 bits per heavy atom. The van der Waals surface area contributed by atoms with Crippen LogP contribution in [-0.2, 0) is 10.5 Å². The van der Waals surface area contributed by atoms with Gasteiger partial charge in [-0.2, -0.15) is 5.26 Å². The topological polar surface area (TPSA) is 70.1 Å². The van der Waals surface area contributed by atoms with Gasteiger partial charge in [-0.25, -0.2) is 0 Å². The van der Waals surface area contributed by atoms with Crippen molar-refractivity contribution < 1.29 is 4.79 Å². The summed E-state index contributed by atoms with van der Waals surface area (Å²) in [6, 6.07) is 22.6. The maximum atomic E-state index is 13.6. The fourth-order valence-corrected chi connectivity index (χ4v) is 6.67. The Balaban J connectivity index is 1.64. The second kappa shape index (κ2) is 10.7. The van der Waals surface area contributed by atoms with Gasteiger partial charge in [-0.1, -0.05) is 47.5 Å². The number of para-hydroxylation sites is 1. The molecule has 0 bridgehead atoms. The highest BCUT2D eigenvalue weighted by atomic mass is 35.5. The van der Waals surface area contributed by atoms with E-state index < -0.39 is 5.92 Å². The van der Waals surface area contributed by atoms with E-state index in [-0.39, 0.29) is 5.78 Å². The number of aryl methyl sites for hydroxylation is 2. The SMILES string of the molecule is Cc1cc(CSc2ccc(Cl)cc2)c(C)c(C2C(C#N)=C(N)N(c3ccccc3C)C3=C2C(=O)CCC3)c1. The summed E-state index contributed by atoms with van der Waals surface area (Å²) in [4.78, 5) is 16.7. The van der Waals surface area contributed by atoms with Crippen molar-refractivity contribution in [2.45, 2.75) is 56.6 Å². The largest absolute Gasteiger partial charge is 0.384 e. The van der Waals surface area contributed by atoms with Gasteiger partial charge in [-0.05, 0) is 86.2 Å². The molecule has 1 aliphatic carbocycles. The van der Waals surface area contributed by atoms with Crippen molar-refractivity contribution >= 4 is 34.8 Å². The summed E-state index contributed by atoms with van der Waals surface area (Å²) < 4.78 is 0. The Kier molecular flexibility index (Phi) is 7.38. The molecule has 0 aromatic heterocycles. The highest BCUT2D eigenvalue weighted by Crippen LogP contribution is 2.48. The lowest BCUT2D eigenvalue weighted by Gasteiger charge is -2.40. The molecule has 0 saturated heterocycles. The molecule has 3 aromatic carbocycles. The zero-order chi connectivity index (χ0) is 27.0. The zero-order valence-corrected chi connectivity index (χ0v) is 23.4. The first-order valence-corrected chi connectivity index (χ1v) is 14.2. The van der Waals surface area contributed by atoms with Crippen LogP contribution in [0.1, 0.15) is 53.0 Å². The van der Waals surface area contributed by atoms with Crippen LogP contribution in [0, 0.1) is 32.1 Å². The maximum Gasteiger partial charge on any atom is 0.161 e. The number of carbonyl (C=O) groups is 1. The number of rotatable bonds is 5. The molecule has 0 saturated carbocycles. The summed E-state index contributed by atoms with van der Waals surface area (Å²) in [5.41, 5.74) is 15.2. The summed E-state index contributed by atoms with van der Waals surface area (Å²) in [5, 5.41) is 11.2. The quantitative estimate of drug-likeness (QED) is 0.334. The average Bonchev–Trinajstić information content (AvgIpc) is 2.90. The number of allylic oxidation sites excluding steroid dienone is 3. The molecule has 6 heteroatoms. The number of hydrogen-bond donors (Lipinski definition) is 1. The minimum absolute atomic E-state index is 0.105. The van der Waals surface area contributed by atoms with Crippen LogP contribution in [0.25, 0.3) is 0 Å². The Morgan fingerprint density at radius 1 is 1.08 bits per heavy atom. The molecule has 2 N–H and O–H groups in total. The lowest BCUT2D eigenvalue weighted by atomic mass is 9.73. The Morgan fingerprint density at radius 3 is 2.53 bits per heavy atom. The maximum absolute atomic E-state index is 13.6. The summed E-state index contributed by atoms with van der Waals surface area (Å²) in [7, 11) is 0. The first-order valence-electron chi connectivity index (χ1n) is 12.8. The third kappa shape index (κ3) is 4.75. The molecule has 0 radical (unpaired) electrons. The standard InChI is InChI=1S/C32H30ClN3OS/c1-19-15-22(18-38-24-13-11-23(33)12-14-24)21(3)25(16-19)30-26(17-34)32(35)36(27-8-5-4-7-20(27)2)28-9-6-10-29(37)31(28)30/h4-5,7-8,11-16,30H,6,9-10,18,35H2,1-3H3. The van der Waals surface area contributed by atoms with Gasteiger partial charge in [0.25, 0.3) is 0 Å². The van der Waals surface area contributed by atoms with E-state index in [4.69, 9.17) is 17.3 Å². The predicted octanol–water partition coefficient (Wildman–Crippen LogP) is 7.86. The van der Waals surface area contributed by atoms with Crippen molar-refractivity contribution in [2.75, 3.05) is 4.90 Å². The molecular formula is C32H30ClN3OS. The summed E-state index contributed by atoms with van der Waals surface area (Å²) in [5.74, 6) is 0.819. The van der Waals surface area contributed by atoms with Crippen molar-refractivity contribution in [1.29, 1.82) is 5.26 Å². The number of nitrogens with two attached hydrogens (primary N) is 1. The fraction of sp³-hybridized carbons (Fsp3) is 0.250. The lowest BCUT2D eigenvalue weighted by molar-refractivity contribution is -0.116. The molecule has 5 rings (SSSR count). The molecule has 1 aliphatic heterocycles. The first-order chi connectivity index (χ1) is 18.3. The number of anilines is 1. The number of nitrogens with zero attached hydrogens (tertiary/aromatic N) is 2. The number of Topliss-reactive ketones (excluding diaryl/α,β-unsaturated/α-hetero) is 1. The van der Waals surface area contributed by atoms with Gasteiger partial charge < -0.3 is 5.73 Å². The van der Waals surface area contributed by atoms with Crippen LogP contribution >= 0.6 is 23.4 Å². The molecule has 3 aromatic rings. The van der Waals surface area contributed by atoms with E-state index in [1.54, 1.807) is 11.8 Å². The summed E-state index contributed by atoms with van der Waals surface area (Å²) in [6.07, 6.45) is 2.01. The van der Waals surface area contributed by atoms with Gasteiger partial charge in [0.2, 0.25) is 0 Å². The van der Waals surface area contributed by atoms with Crippen molar-refractivity contribution in [3.05, 3.63) is 116 Å². The van der Waals surface area contributed by atoms with Gasteiger partial charge in [-0.15, -0.1) is 11.8 Å². The number of carbonyl (C=O) groups excluding carboxylic acids is 1. The lowest BCUT2D eigenvalue weighted by Crippen LogP contribution is -2.39. The van der Waals surface area contributed by atoms with Crippen molar-refractivity contribution in [3.63, 3.8) is 0 Å². The molecular weight excluding hydrogens is 510 g/mol. The summed E-state index contributed by atoms with van der Waals surface area (Å²) in [6.45, 7) is 6.19. The molecule has 192 valence electrons. The minimum atomic E-state index is -0.470. The number of benzene rings is 3. The van der Waals surface area contributed by atoms with Crippen LogP contribution < -0.4 is 10.6 Å². The predicted molar refractivity (Wildman–Crippen MR) is 156 cm³/mol. The van der Waals surface area contributed by atoms with E-state index in [9.17, 15) is 10.1 Å². The van der Waals surface area contributed by atoms with Gasteiger partial charge in [0.1, 0.15) is 5.82 Å². The highest BCUT2D eigenvalue weighted by Gasteiger charge is 2.41. The van der Waals surface area contributed by atoms with E-state index in [2.05, 4.69) is 32.0 Å². The van der Waals surface area contributed by atoms with Crippen LogP contribution in [0.5, 0.6) is 0 Å². The molecule has 0 amide bonds. The van der Waals surface area contributed by atoms with Gasteiger partial charge >= 0.3 is 0 Å². The normalized spacial score (nSPS) is 17.5. The third-order valence-electron chi connectivity index (χ3n) is 7.49. The van der Waals surface area contributed by atoms with Crippen LogP contribution in [0.15, 0.2) is 88.2 Å². The monoisotopic (exact) mass is 539 g/mol. The molecule has 2 aliphatic rings. The van der Waals surface area contributed by atoms with Crippen LogP contribution in [0.4, 0.5) is 5.69 Å². The van der Waals surface area contributed by atoms with E-state index in [1.807, 2.05) is 60.4 Å². The smallest absolute Gasteiger partial charge is 0.161 e. The average molecular weight is 540 g/mol. The Hall–Kier alpha value is -3.46. The number of hydrogen-bond acceptors (Lipinski definition) is 5. The van der Waals surface area contributed by atoms with Gasteiger partial charge in [0.05, 0.1) is 23.2 Å². The Labute approximate surface area is 233 Å². The van der Waals surface area contributed by atoms with E-state index in [0.717, 1.165) is 67.7 Å². The molecule has 4 nitrogen and oxygen atoms in total. The molecule has 1 heterocycles. The van der Waals surface area contributed by atoms with E-state index in [0.29, 0.717) is 17.8 Å². The number of thioether (sulfide) groups is 1. The molecule has 1 unspecified atom stereocenters. The second-order valence-corrected chi connectivity index (χ2v) is 11.5. The van der Waals surface area contributed by atoms with Crippen LogP contribution in [0.3, 0.4) is 0 Å². The number of halogens is 1. The van der Waals surface area contributed by atoms with Crippen LogP contribution in [-0.4, -0.2) is 5.78 Å². The van der Waals surface area contributed by atoms with Crippen molar-refractivity contribution in [2.24, 2.45) is 5.73 Å². The van der Waals surface area contributed by atoms with Gasteiger partial charge in [0, 0.05) is 33.4 Å². The molecule has 0 fully saturated rings. The van der Waals surface area contributed by atoms with Crippen molar-refractivity contribution in [1.82, 2.24) is 0 Å². The number of ketones is 1. The molecule has 0 spiro atoms. The first kappa shape index (κ1) is 26.2. The zero-order valence-electron chi connectivity index (χ0n) is 21.8. The highest BCUT2D eigenvalue weighted by molar-refractivity contribution is 7.98. The second-order valence-electron chi connectivity index (χ2n) is 9.98. The van der Waals surface area contributed by atoms with E-state index in [1.165, 1.54) is 5.56 Å². The fourth-order valence-electron chi connectivity index (χ4n) is 5.59. The van der Waals surface area contributed by atoms with Gasteiger partial charge in [-0.3, -0.25) is 9.69 Å². The van der Waals surface area contributed by atoms with E-state index >= 15 is 0 Å². The molecule has 38 heavy (non-hydrogen) atoms. The summed E-state index contributed by atoms with van der Waals surface area (Å²) >= 11 is 7.80. The van der Waals surface area contributed by atoms with Gasteiger partial charge in [0.15, 0.2) is 5.78 Å². The van der Waals surface area contributed by atoms with Crippen LogP contribution in [0.2, 0.25) is 5.02 Å². The third-order valence-corrected chi connectivity index (χ3v) is 8.80. The minimum Gasteiger partial charge on any atom is -0.384 e.